The summed E-state index contributed by atoms with van der Waals surface area (Å²) in [6.45, 7) is 2.96. The van der Waals surface area contributed by atoms with E-state index in [0.29, 0.717) is 6.42 Å². The van der Waals surface area contributed by atoms with Crippen LogP contribution in [0.5, 0.6) is 0 Å². The topological polar surface area (TPSA) is 24.9 Å². The predicted octanol–water partition coefficient (Wildman–Crippen LogP) is 3.05. The van der Waals surface area contributed by atoms with E-state index in [4.69, 9.17) is 0 Å². The minimum absolute atomic E-state index is 0.119. The van der Waals surface area contributed by atoms with Crippen LogP contribution in [0.2, 0.25) is 0 Å². The largest absolute Gasteiger partial charge is 0.314 e. The summed E-state index contributed by atoms with van der Waals surface area (Å²) in [5, 5.41) is 6.52. The van der Waals surface area contributed by atoms with Gasteiger partial charge in [-0.25, -0.2) is 9.37 Å². The fourth-order valence-corrected chi connectivity index (χ4v) is 2.49. The van der Waals surface area contributed by atoms with Gasteiger partial charge in [-0.3, -0.25) is 0 Å². The van der Waals surface area contributed by atoms with E-state index in [1.165, 1.54) is 6.07 Å². The molecule has 0 aliphatic heterocycles. The van der Waals surface area contributed by atoms with Crippen molar-refractivity contribution in [3.05, 3.63) is 52.2 Å². The summed E-state index contributed by atoms with van der Waals surface area (Å²) in [4.78, 5) is 4.23. The lowest BCUT2D eigenvalue weighted by molar-refractivity contribution is 0.528. The Labute approximate surface area is 111 Å². The average molecular weight is 264 g/mol. The zero-order valence-corrected chi connectivity index (χ0v) is 11.2. The van der Waals surface area contributed by atoms with Crippen LogP contribution in [0.1, 0.15) is 17.5 Å². The number of benzene rings is 1. The van der Waals surface area contributed by atoms with Crippen LogP contribution in [-0.2, 0) is 12.8 Å². The normalized spacial score (nSPS) is 12.6. The molecule has 0 aliphatic rings. The molecule has 0 bridgehead atoms. The first-order chi connectivity index (χ1) is 8.75. The molecule has 0 aliphatic carbocycles. The minimum atomic E-state index is -0.119. The standard InChI is InChI=1S/C14H17FN2S/c1-11(10-12-4-2-3-5-13(12)15)16-7-6-14-17-8-9-18-14/h2-5,8-9,11,16H,6-7,10H2,1H3. The van der Waals surface area contributed by atoms with Gasteiger partial charge in [0.05, 0.1) is 5.01 Å². The van der Waals surface area contributed by atoms with Gasteiger partial charge in [-0.2, -0.15) is 0 Å². The molecule has 2 aromatic rings. The Morgan fingerprint density at radius 2 is 2.22 bits per heavy atom. The van der Waals surface area contributed by atoms with Gasteiger partial charge in [0.25, 0.3) is 0 Å². The fraction of sp³-hybridized carbons (Fsp3) is 0.357. The number of aromatic nitrogens is 1. The van der Waals surface area contributed by atoms with E-state index in [9.17, 15) is 4.39 Å². The molecular weight excluding hydrogens is 247 g/mol. The van der Waals surface area contributed by atoms with Crippen molar-refractivity contribution < 1.29 is 4.39 Å². The van der Waals surface area contributed by atoms with Gasteiger partial charge in [0.2, 0.25) is 0 Å². The van der Waals surface area contributed by atoms with Crippen molar-refractivity contribution in [3.8, 4) is 0 Å². The molecule has 0 spiro atoms. The first-order valence-corrected chi connectivity index (χ1v) is 6.99. The second kappa shape index (κ2) is 6.61. The van der Waals surface area contributed by atoms with E-state index in [-0.39, 0.29) is 11.9 Å². The van der Waals surface area contributed by atoms with E-state index < -0.39 is 0 Å². The number of hydrogen-bond acceptors (Lipinski definition) is 3. The molecule has 1 unspecified atom stereocenters. The summed E-state index contributed by atoms with van der Waals surface area (Å²) in [6, 6.07) is 7.22. The molecule has 0 radical (unpaired) electrons. The third-order valence-corrected chi connectivity index (χ3v) is 3.64. The molecule has 0 fully saturated rings. The summed E-state index contributed by atoms with van der Waals surface area (Å²) in [5.74, 6) is -0.119. The number of thiazole rings is 1. The first-order valence-electron chi connectivity index (χ1n) is 6.11. The van der Waals surface area contributed by atoms with Crippen LogP contribution in [0.15, 0.2) is 35.8 Å². The summed E-state index contributed by atoms with van der Waals surface area (Å²) < 4.78 is 13.5. The third kappa shape index (κ3) is 3.89. The second-order valence-corrected chi connectivity index (χ2v) is 5.31. The predicted molar refractivity (Wildman–Crippen MR) is 73.4 cm³/mol. The van der Waals surface area contributed by atoms with Crippen LogP contribution in [0.3, 0.4) is 0 Å². The highest BCUT2D eigenvalue weighted by Crippen LogP contribution is 2.09. The van der Waals surface area contributed by atoms with Gasteiger partial charge in [-0.15, -0.1) is 11.3 Å². The number of nitrogens with zero attached hydrogens (tertiary/aromatic N) is 1. The summed E-state index contributed by atoms with van der Waals surface area (Å²) >= 11 is 1.67. The smallest absolute Gasteiger partial charge is 0.126 e. The summed E-state index contributed by atoms with van der Waals surface area (Å²) in [5.41, 5.74) is 0.770. The van der Waals surface area contributed by atoms with Crippen molar-refractivity contribution in [2.45, 2.75) is 25.8 Å². The monoisotopic (exact) mass is 264 g/mol. The molecular formula is C14H17FN2S. The molecule has 2 rings (SSSR count). The Morgan fingerprint density at radius 1 is 1.39 bits per heavy atom. The number of hydrogen-bond donors (Lipinski definition) is 1. The van der Waals surface area contributed by atoms with Crippen molar-refractivity contribution in [1.82, 2.24) is 10.3 Å². The maximum Gasteiger partial charge on any atom is 0.126 e. The molecule has 4 heteroatoms. The SMILES string of the molecule is CC(Cc1ccccc1F)NCCc1nccs1. The Morgan fingerprint density at radius 3 is 2.94 bits per heavy atom. The molecule has 1 atom stereocenters. The van der Waals surface area contributed by atoms with E-state index >= 15 is 0 Å². The number of nitrogens with one attached hydrogen (secondary N) is 1. The molecule has 0 amide bonds. The van der Waals surface area contributed by atoms with Crippen molar-refractivity contribution in [2.24, 2.45) is 0 Å². The van der Waals surface area contributed by atoms with Crippen molar-refractivity contribution >= 4 is 11.3 Å². The Hall–Kier alpha value is -1.26. The fourth-order valence-electron chi connectivity index (χ4n) is 1.87. The van der Waals surface area contributed by atoms with Gasteiger partial charge >= 0.3 is 0 Å². The average Bonchev–Trinajstić information content (AvgIpc) is 2.85. The van der Waals surface area contributed by atoms with Crippen LogP contribution in [-0.4, -0.2) is 17.6 Å². The van der Waals surface area contributed by atoms with Crippen LogP contribution >= 0.6 is 11.3 Å². The van der Waals surface area contributed by atoms with E-state index in [0.717, 1.165) is 23.5 Å². The molecule has 0 saturated heterocycles. The zero-order chi connectivity index (χ0) is 12.8. The van der Waals surface area contributed by atoms with Gasteiger partial charge in [-0.05, 0) is 25.0 Å². The van der Waals surface area contributed by atoms with Gasteiger partial charge in [-0.1, -0.05) is 18.2 Å². The highest BCUT2D eigenvalue weighted by atomic mass is 32.1. The minimum Gasteiger partial charge on any atom is -0.314 e. The summed E-state index contributed by atoms with van der Waals surface area (Å²) in [7, 11) is 0. The molecule has 1 heterocycles. The lowest BCUT2D eigenvalue weighted by Crippen LogP contribution is -2.30. The van der Waals surface area contributed by atoms with Crippen LogP contribution < -0.4 is 5.32 Å². The van der Waals surface area contributed by atoms with Gasteiger partial charge in [0, 0.05) is 30.6 Å². The molecule has 2 nitrogen and oxygen atoms in total. The zero-order valence-electron chi connectivity index (χ0n) is 10.4. The molecule has 0 saturated carbocycles. The molecule has 96 valence electrons. The van der Waals surface area contributed by atoms with E-state index in [2.05, 4.69) is 17.2 Å². The molecule has 18 heavy (non-hydrogen) atoms. The van der Waals surface area contributed by atoms with Crippen LogP contribution in [0.25, 0.3) is 0 Å². The van der Waals surface area contributed by atoms with Gasteiger partial charge < -0.3 is 5.32 Å². The summed E-state index contributed by atoms with van der Waals surface area (Å²) in [6.07, 6.45) is 3.46. The van der Waals surface area contributed by atoms with Crippen LogP contribution in [0.4, 0.5) is 4.39 Å². The first kappa shape index (κ1) is 13.2. The van der Waals surface area contributed by atoms with Crippen molar-refractivity contribution in [1.29, 1.82) is 0 Å². The molecule has 1 aromatic carbocycles. The van der Waals surface area contributed by atoms with Crippen molar-refractivity contribution in [3.63, 3.8) is 0 Å². The van der Waals surface area contributed by atoms with Crippen LogP contribution in [0, 0.1) is 5.82 Å². The third-order valence-electron chi connectivity index (χ3n) is 2.80. The Bertz CT molecular complexity index is 470. The second-order valence-electron chi connectivity index (χ2n) is 4.33. The quantitative estimate of drug-likeness (QED) is 0.867. The Balaban J connectivity index is 1.75. The maximum absolute atomic E-state index is 13.5. The lowest BCUT2D eigenvalue weighted by Gasteiger charge is -2.13. The molecule has 1 N–H and O–H groups in total. The number of rotatable bonds is 6. The lowest BCUT2D eigenvalue weighted by atomic mass is 10.1. The number of halogens is 1. The molecule has 1 aromatic heterocycles. The maximum atomic E-state index is 13.5. The van der Waals surface area contributed by atoms with E-state index in [1.54, 1.807) is 17.4 Å². The van der Waals surface area contributed by atoms with Gasteiger partial charge in [0.1, 0.15) is 5.82 Å². The van der Waals surface area contributed by atoms with Crippen molar-refractivity contribution in [2.75, 3.05) is 6.54 Å². The van der Waals surface area contributed by atoms with E-state index in [1.807, 2.05) is 23.7 Å². The highest BCUT2D eigenvalue weighted by Gasteiger charge is 2.06. The Kier molecular flexibility index (Phi) is 4.84. The highest BCUT2D eigenvalue weighted by molar-refractivity contribution is 7.09. The van der Waals surface area contributed by atoms with Gasteiger partial charge in [0.15, 0.2) is 0 Å².